The van der Waals surface area contributed by atoms with Crippen molar-refractivity contribution in [2.24, 2.45) is 0 Å². The Balaban J connectivity index is 4.08. The molecule has 0 spiro atoms. The van der Waals surface area contributed by atoms with E-state index in [2.05, 4.69) is 37.1 Å². The van der Waals surface area contributed by atoms with Crippen LogP contribution in [0.15, 0.2) is 0 Å². The van der Waals surface area contributed by atoms with Gasteiger partial charge >= 0.3 is 0 Å². The molecule has 0 aliphatic carbocycles. The lowest BCUT2D eigenvalue weighted by Crippen LogP contribution is -2.40. The monoisotopic (exact) mass is 310 g/mol. The maximum atomic E-state index is 11.9. The van der Waals surface area contributed by atoms with Crippen molar-refractivity contribution in [1.29, 1.82) is 0 Å². The van der Waals surface area contributed by atoms with Crippen LogP contribution in [0, 0.1) is 0 Å². The van der Waals surface area contributed by atoms with Gasteiger partial charge in [0.05, 0.1) is 5.75 Å². The molecular weight excluding hydrogens is 280 g/mol. The predicted octanol–water partition coefficient (Wildman–Crippen LogP) is 2.22. The molecule has 0 heterocycles. The first kappa shape index (κ1) is 19.2. The highest BCUT2D eigenvalue weighted by Gasteiger charge is 2.26. The van der Waals surface area contributed by atoms with Crippen LogP contribution in [0.25, 0.3) is 0 Å². The topological polar surface area (TPSA) is 58.2 Å². The van der Waals surface area contributed by atoms with Crippen LogP contribution in [-0.2, 0) is 10.0 Å². The van der Waals surface area contributed by atoms with Crippen molar-refractivity contribution in [2.75, 3.05) is 31.6 Å². The van der Waals surface area contributed by atoms with Gasteiger partial charge < -0.3 is 5.32 Å². The normalized spacial score (nSPS) is 12.8. The fraction of sp³-hybridized carbons (Fsp3) is 1.00. The van der Waals surface area contributed by atoms with E-state index >= 15 is 0 Å². The summed E-state index contributed by atoms with van der Waals surface area (Å²) < 4.78 is 26.6. The molecule has 0 aliphatic rings. The summed E-state index contributed by atoms with van der Waals surface area (Å²) in [5.74, 6) is 0.210. The van der Waals surface area contributed by atoms with E-state index in [4.69, 9.17) is 0 Å². The highest BCUT2D eigenvalue weighted by molar-refractivity contribution is 8.00. The molecule has 116 valence electrons. The van der Waals surface area contributed by atoms with Gasteiger partial charge in [-0.3, -0.25) is 0 Å². The second kappa shape index (κ2) is 10.0. The zero-order valence-corrected chi connectivity index (χ0v) is 14.4. The van der Waals surface area contributed by atoms with Crippen molar-refractivity contribution < 1.29 is 8.42 Å². The Hall–Kier alpha value is 0.220. The van der Waals surface area contributed by atoms with E-state index in [9.17, 15) is 8.42 Å². The Morgan fingerprint density at radius 1 is 1.11 bits per heavy atom. The minimum atomic E-state index is -3.14. The number of hydrogen-bond donors (Lipinski definition) is 2. The van der Waals surface area contributed by atoms with Gasteiger partial charge in [-0.2, -0.15) is 11.8 Å². The zero-order chi connectivity index (χ0) is 14.8. The summed E-state index contributed by atoms with van der Waals surface area (Å²) in [4.78, 5) is 0. The van der Waals surface area contributed by atoms with E-state index in [0.29, 0.717) is 13.0 Å². The average Bonchev–Trinajstić information content (AvgIpc) is 2.41. The molecule has 0 saturated heterocycles. The van der Waals surface area contributed by atoms with E-state index in [1.165, 1.54) is 0 Å². The van der Waals surface area contributed by atoms with Gasteiger partial charge in [0.2, 0.25) is 10.0 Å². The number of rotatable bonds is 12. The molecule has 0 aromatic rings. The standard InChI is InChI=1S/C13H30N2O2S2/c1-5-9-14-10-8-11-19(16,17)15-12-13(6-2,7-3)18-4/h14-15H,5-12H2,1-4H3. The van der Waals surface area contributed by atoms with Crippen LogP contribution in [0.1, 0.15) is 46.5 Å². The van der Waals surface area contributed by atoms with E-state index in [1.807, 2.05) is 0 Å². The summed E-state index contributed by atoms with van der Waals surface area (Å²) in [5.41, 5.74) is 0. The Bertz CT molecular complexity index is 306. The maximum absolute atomic E-state index is 11.9. The van der Waals surface area contributed by atoms with Gasteiger partial charge in [-0.05, 0) is 45.0 Å². The molecule has 0 amide bonds. The van der Waals surface area contributed by atoms with Crippen LogP contribution in [0.5, 0.6) is 0 Å². The van der Waals surface area contributed by atoms with Gasteiger partial charge in [-0.1, -0.05) is 20.8 Å². The highest BCUT2D eigenvalue weighted by atomic mass is 32.2. The molecule has 0 bridgehead atoms. The largest absolute Gasteiger partial charge is 0.317 e. The zero-order valence-electron chi connectivity index (χ0n) is 12.8. The summed E-state index contributed by atoms with van der Waals surface area (Å²) in [5, 5.41) is 3.22. The van der Waals surface area contributed by atoms with Crippen molar-refractivity contribution in [1.82, 2.24) is 10.0 Å². The first-order valence-corrected chi connectivity index (χ1v) is 10.1. The number of thioether (sulfide) groups is 1. The maximum Gasteiger partial charge on any atom is 0.211 e. The summed E-state index contributed by atoms with van der Waals surface area (Å²) in [6, 6.07) is 0. The molecule has 0 aliphatic heterocycles. The third-order valence-electron chi connectivity index (χ3n) is 3.53. The third-order valence-corrected chi connectivity index (χ3v) is 6.53. The second-order valence-corrected chi connectivity index (χ2v) is 8.04. The summed E-state index contributed by atoms with van der Waals surface area (Å²) in [7, 11) is -3.14. The fourth-order valence-electron chi connectivity index (χ4n) is 1.86. The smallest absolute Gasteiger partial charge is 0.211 e. The van der Waals surface area contributed by atoms with Crippen LogP contribution in [0.4, 0.5) is 0 Å². The van der Waals surface area contributed by atoms with E-state index in [1.54, 1.807) is 11.8 Å². The van der Waals surface area contributed by atoms with Crippen LogP contribution < -0.4 is 10.0 Å². The minimum absolute atomic E-state index is 0.0352. The number of sulfonamides is 1. The highest BCUT2D eigenvalue weighted by Crippen LogP contribution is 2.29. The Morgan fingerprint density at radius 3 is 2.21 bits per heavy atom. The SMILES string of the molecule is CCCNCCCS(=O)(=O)NCC(CC)(CC)SC. The van der Waals surface area contributed by atoms with Gasteiger partial charge in [-0.25, -0.2) is 13.1 Å². The predicted molar refractivity (Wildman–Crippen MR) is 86.4 cm³/mol. The Morgan fingerprint density at radius 2 is 1.74 bits per heavy atom. The molecule has 19 heavy (non-hydrogen) atoms. The summed E-state index contributed by atoms with van der Waals surface area (Å²) in [6.07, 6.45) is 5.75. The molecule has 4 nitrogen and oxygen atoms in total. The van der Waals surface area contributed by atoms with Gasteiger partial charge in [-0.15, -0.1) is 0 Å². The molecule has 0 atom stereocenters. The summed E-state index contributed by atoms with van der Waals surface area (Å²) >= 11 is 1.75. The lowest BCUT2D eigenvalue weighted by Gasteiger charge is -2.29. The van der Waals surface area contributed by atoms with Crippen molar-refractivity contribution in [3.05, 3.63) is 0 Å². The fourth-order valence-corrected chi connectivity index (χ4v) is 3.91. The molecular formula is C13H30N2O2S2. The first-order valence-electron chi connectivity index (χ1n) is 7.18. The van der Waals surface area contributed by atoms with E-state index in [0.717, 1.165) is 32.4 Å². The average molecular weight is 311 g/mol. The summed E-state index contributed by atoms with van der Waals surface area (Å²) in [6.45, 7) is 8.58. The number of nitrogens with one attached hydrogen (secondary N) is 2. The van der Waals surface area contributed by atoms with Gasteiger partial charge in [0, 0.05) is 11.3 Å². The van der Waals surface area contributed by atoms with Crippen molar-refractivity contribution in [3.63, 3.8) is 0 Å². The van der Waals surface area contributed by atoms with Gasteiger partial charge in [0.15, 0.2) is 0 Å². The quantitative estimate of drug-likeness (QED) is 0.543. The van der Waals surface area contributed by atoms with E-state index < -0.39 is 10.0 Å². The third kappa shape index (κ3) is 8.17. The molecule has 0 rings (SSSR count). The molecule has 0 aromatic carbocycles. The molecule has 2 N–H and O–H groups in total. The lowest BCUT2D eigenvalue weighted by atomic mass is 10.0. The van der Waals surface area contributed by atoms with Crippen LogP contribution in [0.3, 0.4) is 0 Å². The van der Waals surface area contributed by atoms with Gasteiger partial charge in [0.25, 0.3) is 0 Å². The van der Waals surface area contributed by atoms with Crippen molar-refractivity contribution >= 4 is 21.8 Å². The molecule has 0 saturated carbocycles. The van der Waals surface area contributed by atoms with Crippen LogP contribution >= 0.6 is 11.8 Å². The van der Waals surface area contributed by atoms with Crippen LogP contribution in [0.2, 0.25) is 0 Å². The molecule has 0 unspecified atom stereocenters. The number of hydrogen-bond acceptors (Lipinski definition) is 4. The van der Waals surface area contributed by atoms with E-state index in [-0.39, 0.29) is 10.5 Å². The van der Waals surface area contributed by atoms with Crippen molar-refractivity contribution in [3.8, 4) is 0 Å². The minimum Gasteiger partial charge on any atom is -0.317 e. The second-order valence-electron chi connectivity index (χ2n) is 4.84. The molecule has 6 heteroatoms. The lowest BCUT2D eigenvalue weighted by molar-refractivity contribution is 0.520. The Kier molecular flexibility index (Phi) is 10.1. The first-order chi connectivity index (χ1) is 8.95. The van der Waals surface area contributed by atoms with Gasteiger partial charge in [0.1, 0.15) is 0 Å². The van der Waals surface area contributed by atoms with Crippen LogP contribution in [-0.4, -0.2) is 44.8 Å². The molecule has 0 radical (unpaired) electrons. The van der Waals surface area contributed by atoms with Crippen molar-refractivity contribution in [2.45, 2.75) is 51.2 Å². The molecule has 0 aromatic heterocycles. The molecule has 0 fully saturated rings. The Labute approximate surface area is 123 Å².